The van der Waals surface area contributed by atoms with Gasteiger partial charge in [-0.25, -0.2) is 4.39 Å². The van der Waals surface area contributed by atoms with E-state index in [1.165, 1.54) is 6.07 Å². The highest BCUT2D eigenvalue weighted by atomic mass is 19.1. The molecule has 0 bridgehead atoms. The fourth-order valence-corrected chi connectivity index (χ4v) is 2.77. The van der Waals surface area contributed by atoms with Gasteiger partial charge in [0.15, 0.2) is 6.73 Å². The fourth-order valence-electron chi connectivity index (χ4n) is 2.77. The number of hydrogen-bond acceptors (Lipinski definition) is 2. The van der Waals surface area contributed by atoms with Gasteiger partial charge in [-0.2, -0.15) is 0 Å². The summed E-state index contributed by atoms with van der Waals surface area (Å²) >= 11 is 0. The summed E-state index contributed by atoms with van der Waals surface area (Å²) in [5.74, 6) is 5.93. The van der Waals surface area contributed by atoms with Gasteiger partial charge in [0.25, 0.3) is 5.91 Å². The normalized spacial score (nSPS) is 14.6. The van der Waals surface area contributed by atoms with Crippen molar-refractivity contribution in [2.45, 2.75) is 26.3 Å². The number of ether oxygens (including phenoxy) is 1. The number of halogens is 1. The van der Waals surface area contributed by atoms with Crippen molar-refractivity contribution >= 4 is 11.5 Å². The quantitative estimate of drug-likeness (QED) is 0.761. The summed E-state index contributed by atoms with van der Waals surface area (Å²) < 4.78 is 19.5. The summed E-state index contributed by atoms with van der Waals surface area (Å²) in [6, 6.07) is 15.7. The van der Waals surface area contributed by atoms with Gasteiger partial charge in [-0.1, -0.05) is 54.3 Å². The second-order valence-electron chi connectivity index (χ2n) is 6.59. The smallest absolute Gasteiger partial charge is 0.261 e. The van der Waals surface area contributed by atoms with E-state index in [2.05, 4.69) is 11.8 Å². The molecule has 2 aromatic rings. The molecule has 0 aliphatic carbocycles. The van der Waals surface area contributed by atoms with Gasteiger partial charge in [0.2, 0.25) is 0 Å². The van der Waals surface area contributed by atoms with E-state index in [0.717, 1.165) is 5.56 Å². The zero-order chi connectivity index (χ0) is 18.7. The molecule has 0 atom stereocenters. The maximum absolute atomic E-state index is 13.8. The number of nitrogens with zero attached hydrogens (tertiary/aromatic N) is 1. The molecule has 1 amide bonds. The molecule has 26 heavy (non-hydrogen) atoms. The molecule has 1 heterocycles. The number of carbonyl (C=O) groups excluding carboxylic acids is 1. The predicted octanol–water partition coefficient (Wildman–Crippen LogP) is 4.20. The fraction of sp³-hybridized carbons (Fsp3) is 0.227. The highest BCUT2D eigenvalue weighted by Gasteiger charge is 2.36. The topological polar surface area (TPSA) is 29.5 Å². The molecule has 0 radical (unpaired) electrons. The molecule has 2 aromatic carbocycles. The molecule has 0 aromatic heterocycles. The molecule has 0 unspecified atom stereocenters. The Morgan fingerprint density at radius 3 is 2.42 bits per heavy atom. The molecule has 0 fully saturated rings. The molecule has 1 aliphatic rings. The van der Waals surface area contributed by atoms with E-state index in [4.69, 9.17) is 4.74 Å². The summed E-state index contributed by atoms with van der Waals surface area (Å²) in [5.41, 5.74) is 0.816. The Morgan fingerprint density at radius 2 is 1.73 bits per heavy atom. The van der Waals surface area contributed by atoms with Crippen molar-refractivity contribution in [3.8, 4) is 11.8 Å². The van der Waals surface area contributed by atoms with Gasteiger partial charge in [0, 0.05) is 0 Å². The standard InChI is InChI=1S/C22H20FNO2/c1-16-20(18-10-5-4-6-11-18)21(25)24(15-26-16)22(2,3)14-13-17-9-7-8-12-19(17)23/h4-12H,15H2,1-3H3. The SMILES string of the molecule is CC1=C(c2ccccc2)C(=O)N(C(C)(C)C#Cc2ccccc2F)CO1. The van der Waals surface area contributed by atoms with Gasteiger partial charge in [0.1, 0.15) is 17.1 Å². The number of carbonyl (C=O) groups is 1. The number of rotatable bonds is 2. The van der Waals surface area contributed by atoms with Gasteiger partial charge in [-0.05, 0) is 38.5 Å². The minimum absolute atomic E-state index is 0.111. The van der Waals surface area contributed by atoms with E-state index in [9.17, 15) is 9.18 Å². The lowest BCUT2D eigenvalue weighted by Crippen LogP contribution is -2.50. The first-order valence-electron chi connectivity index (χ1n) is 8.39. The van der Waals surface area contributed by atoms with Crippen LogP contribution in [-0.4, -0.2) is 23.1 Å². The van der Waals surface area contributed by atoms with Crippen LogP contribution < -0.4 is 0 Å². The molecule has 3 nitrogen and oxygen atoms in total. The molecule has 0 N–H and O–H groups in total. The average molecular weight is 349 g/mol. The molecule has 4 heteroatoms. The van der Waals surface area contributed by atoms with Crippen LogP contribution in [0.3, 0.4) is 0 Å². The minimum atomic E-state index is -0.819. The molecular formula is C22H20FNO2. The molecule has 0 saturated heterocycles. The number of allylic oxidation sites excluding steroid dienone is 1. The van der Waals surface area contributed by atoms with E-state index >= 15 is 0 Å². The van der Waals surface area contributed by atoms with Crippen LogP contribution in [0, 0.1) is 17.7 Å². The highest BCUT2D eigenvalue weighted by molar-refractivity contribution is 6.20. The van der Waals surface area contributed by atoms with Gasteiger partial charge in [-0.15, -0.1) is 0 Å². The Balaban J connectivity index is 1.92. The molecular weight excluding hydrogens is 329 g/mol. The zero-order valence-electron chi connectivity index (χ0n) is 15.0. The van der Waals surface area contributed by atoms with Crippen LogP contribution in [-0.2, 0) is 9.53 Å². The van der Waals surface area contributed by atoms with Crippen molar-refractivity contribution in [2.75, 3.05) is 6.73 Å². The van der Waals surface area contributed by atoms with Gasteiger partial charge >= 0.3 is 0 Å². The summed E-state index contributed by atoms with van der Waals surface area (Å²) in [6.45, 7) is 5.55. The lowest BCUT2D eigenvalue weighted by Gasteiger charge is -2.38. The Labute approximate surface area is 153 Å². The van der Waals surface area contributed by atoms with Crippen molar-refractivity contribution in [2.24, 2.45) is 0 Å². The van der Waals surface area contributed by atoms with E-state index in [1.807, 2.05) is 44.2 Å². The van der Waals surface area contributed by atoms with Gasteiger partial charge in [0.05, 0.1) is 11.1 Å². The summed E-state index contributed by atoms with van der Waals surface area (Å²) in [5, 5.41) is 0. The zero-order valence-corrected chi connectivity index (χ0v) is 15.0. The van der Waals surface area contributed by atoms with Crippen LogP contribution >= 0.6 is 0 Å². The highest BCUT2D eigenvalue weighted by Crippen LogP contribution is 2.30. The van der Waals surface area contributed by atoms with Crippen molar-refractivity contribution in [1.29, 1.82) is 0 Å². The average Bonchev–Trinajstić information content (AvgIpc) is 2.62. The Bertz CT molecular complexity index is 920. The largest absolute Gasteiger partial charge is 0.477 e. The third kappa shape index (κ3) is 3.48. The van der Waals surface area contributed by atoms with Crippen LogP contribution in [0.25, 0.3) is 5.57 Å². The first-order valence-corrected chi connectivity index (χ1v) is 8.39. The van der Waals surface area contributed by atoms with Crippen LogP contribution in [0.4, 0.5) is 4.39 Å². The molecule has 1 aliphatic heterocycles. The molecule has 132 valence electrons. The van der Waals surface area contributed by atoms with Crippen molar-refractivity contribution < 1.29 is 13.9 Å². The lowest BCUT2D eigenvalue weighted by molar-refractivity contribution is -0.136. The first-order chi connectivity index (χ1) is 12.4. The van der Waals surface area contributed by atoms with E-state index in [0.29, 0.717) is 16.9 Å². The van der Waals surface area contributed by atoms with Crippen molar-refractivity contribution in [1.82, 2.24) is 4.90 Å². The van der Waals surface area contributed by atoms with Crippen molar-refractivity contribution in [3.05, 3.63) is 77.3 Å². The van der Waals surface area contributed by atoms with Crippen LogP contribution in [0.1, 0.15) is 31.9 Å². The van der Waals surface area contributed by atoms with Crippen LogP contribution in [0.2, 0.25) is 0 Å². The minimum Gasteiger partial charge on any atom is -0.477 e. The molecule has 0 saturated carbocycles. The number of amides is 1. The predicted molar refractivity (Wildman–Crippen MR) is 99.2 cm³/mol. The summed E-state index contributed by atoms with van der Waals surface area (Å²) in [7, 11) is 0. The van der Waals surface area contributed by atoms with Crippen LogP contribution in [0.5, 0.6) is 0 Å². The van der Waals surface area contributed by atoms with Crippen LogP contribution in [0.15, 0.2) is 60.4 Å². The Hall–Kier alpha value is -3.06. The summed E-state index contributed by atoms with van der Waals surface area (Å²) in [6.07, 6.45) is 0. The van der Waals surface area contributed by atoms with E-state index in [1.54, 1.807) is 30.0 Å². The monoisotopic (exact) mass is 349 g/mol. The van der Waals surface area contributed by atoms with Crippen molar-refractivity contribution in [3.63, 3.8) is 0 Å². The number of benzene rings is 2. The molecule has 0 spiro atoms. The Morgan fingerprint density at radius 1 is 1.08 bits per heavy atom. The first kappa shape index (κ1) is 17.8. The summed E-state index contributed by atoms with van der Waals surface area (Å²) in [4.78, 5) is 14.7. The second kappa shape index (κ2) is 7.05. The van der Waals surface area contributed by atoms with Gasteiger partial charge in [-0.3, -0.25) is 9.69 Å². The van der Waals surface area contributed by atoms with E-state index < -0.39 is 5.54 Å². The maximum Gasteiger partial charge on any atom is 0.261 e. The van der Waals surface area contributed by atoms with E-state index in [-0.39, 0.29) is 18.5 Å². The van der Waals surface area contributed by atoms with Gasteiger partial charge < -0.3 is 4.74 Å². The molecule has 3 rings (SSSR count). The third-order valence-electron chi connectivity index (χ3n) is 4.34. The lowest BCUT2D eigenvalue weighted by atomic mass is 9.97. The maximum atomic E-state index is 13.8. The third-order valence-corrected chi connectivity index (χ3v) is 4.34. The Kier molecular flexibility index (Phi) is 4.81. The number of hydrogen-bond donors (Lipinski definition) is 0. The second-order valence-corrected chi connectivity index (χ2v) is 6.59.